The second-order valence-electron chi connectivity index (χ2n) is 11.0. The largest absolute Gasteiger partial charge is 0.497 e. The van der Waals surface area contributed by atoms with Crippen molar-refractivity contribution in [1.82, 2.24) is 10.2 Å². The van der Waals surface area contributed by atoms with Crippen LogP contribution in [0.2, 0.25) is 0 Å². The van der Waals surface area contributed by atoms with Crippen molar-refractivity contribution >= 4 is 27.5 Å². The van der Waals surface area contributed by atoms with E-state index in [-0.39, 0.29) is 17.3 Å². The average molecular weight is 566 g/mol. The molecule has 0 radical (unpaired) electrons. The van der Waals surface area contributed by atoms with Crippen molar-refractivity contribution in [2.45, 2.75) is 64.6 Å². The summed E-state index contributed by atoms with van der Waals surface area (Å²) in [6.07, 6.45) is 0. The topological polar surface area (TPSA) is 96.0 Å². The van der Waals surface area contributed by atoms with Gasteiger partial charge < -0.3 is 15.0 Å². The maximum absolute atomic E-state index is 14.0. The fourth-order valence-corrected chi connectivity index (χ4v) is 5.75. The summed E-state index contributed by atoms with van der Waals surface area (Å²) in [4.78, 5) is 28.7. The third kappa shape index (κ3) is 7.85. The van der Waals surface area contributed by atoms with Crippen molar-refractivity contribution in [2.75, 3.05) is 18.0 Å². The van der Waals surface area contributed by atoms with E-state index in [0.717, 1.165) is 21.0 Å². The zero-order chi connectivity index (χ0) is 29.7. The van der Waals surface area contributed by atoms with Gasteiger partial charge in [0, 0.05) is 12.1 Å². The van der Waals surface area contributed by atoms with Crippen LogP contribution in [-0.4, -0.2) is 50.4 Å². The molecule has 3 rings (SSSR count). The Labute approximate surface area is 238 Å². The summed E-state index contributed by atoms with van der Waals surface area (Å²) < 4.78 is 34.2. The lowest BCUT2D eigenvalue weighted by Gasteiger charge is -2.33. The molecular formula is C31H39N3O5S. The SMILES string of the molecule is COc1ccc(CN(C(=O)CN(c2cc(C)cc(C)c2)S(=O)(=O)c2ccccc2)[C@@H](C)C(=O)NC(C)(C)C)cc1. The number of carbonyl (C=O) groups excluding carboxylic acids is 2. The summed E-state index contributed by atoms with van der Waals surface area (Å²) >= 11 is 0. The highest BCUT2D eigenvalue weighted by Gasteiger charge is 2.33. The molecule has 3 aromatic rings. The number of benzene rings is 3. The predicted molar refractivity (Wildman–Crippen MR) is 158 cm³/mol. The van der Waals surface area contributed by atoms with Gasteiger partial charge in [-0.25, -0.2) is 8.42 Å². The molecule has 2 amide bonds. The summed E-state index contributed by atoms with van der Waals surface area (Å²) in [5.41, 5.74) is 2.37. The molecular weight excluding hydrogens is 526 g/mol. The number of rotatable bonds is 10. The summed E-state index contributed by atoms with van der Waals surface area (Å²) in [6.45, 7) is 10.6. The first-order valence-electron chi connectivity index (χ1n) is 13.1. The zero-order valence-electron chi connectivity index (χ0n) is 24.3. The lowest BCUT2D eigenvalue weighted by molar-refractivity contribution is -0.140. The highest BCUT2D eigenvalue weighted by molar-refractivity contribution is 7.92. The minimum absolute atomic E-state index is 0.0715. The van der Waals surface area contributed by atoms with Crippen LogP contribution in [0.15, 0.2) is 77.7 Å². The van der Waals surface area contributed by atoms with E-state index in [1.807, 2.05) is 52.8 Å². The van der Waals surface area contributed by atoms with Gasteiger partial charge in [0.25, 0.3) is 10.0 Å². The first-order chi connectivity index (χ1) is 18.7. The van der Waals surface area contributed by atoms with E-state index in [9.17, 15) is 18.0 Å². The molecule has 0 saturated carbocycles. The molecule has 8 nitrogen and oxygen atoms in total. The zero-order valence-corrected chi connectivity index (χ0v) is 25.1. The molecule has 1 N–H and O–H groups in total. The van der Waals surface area contributed by atoms with Crippen molar-refractivity contribution in [1.29, 1.82) is 0 Å². The second kappa shape index (κ2) is 12.6. The number of aryl methyl sites for hydroxylation is 2. The smallest absolute Gasteiger partial charge is 0.264 e. The van der Waals surface area contributed by atoms with Gasteiger partial charge in [0.05, 0.1) is 17.7 Å². The van der Waals surface area contributed by atoms with Gasteiger partial charge in [-0.2, -0.15) is 0 Å². The monoisotopic (exact) mass is 565 g/mol. The van der Waals surface area contributed by atoms with Crippen LogP contribution in [0.25, 0.3) is 0 Å². The van der Waals surface area contributed by atoms with Gasteiger partial charge in [-0.05, 0) is 94.6 Å². The molecule has 0 aliphatic rings. The van der Waals surface area contributed by atoms with Crippen LogP contribution in [0, 0.1) is 13.8 Å². The van der Waals surface area contributed by atoms with E-state index in [1.54, 1.807) is 56.5 Å². The number of nitrogens with one attached hydrogen (secondary N) is 1. The van der Waals surface area contributed by atoms with Gasteiger partial charge in [0.1, 0.15) is 18.3 Å². The molecule has 0 aliphatic heterocycles. The minimum atomic E-state index is -4.10. The van der Waals surface area contributed by atoms with Crippen LogP contribution < -0.4 is 14.4 Å². The Balaban J connectivity index is 2.05. The fourth-order valence-electron chi connectivity index (χ4n) is 4.33. The molecule has 3 aromatic carbocycles. The maximum Gasteiger partial charge on any atom is 0.264 e. The van der Waals surface area contributed by atoms with Crippen LogP contribution >= 0.6 is 0 Å². The quantitative estimate of drug-likeness (QED) is 0.380. The molecule has 214 valence electrons. The lowest BCUT2D eigenvalue weighted by atomic mass is 10.1. The van der Waals surface area contributed by atoms with Gasteiger partial charge in [-0.1, -0.05) is 36.4 Å². The van der Waals surface area contributed by atoms with Crippen LogP contribution in [0.1, 0.15) is 44.4 Å². The Bertz CT molecular complexity index is 1410. The summed E-state index contributed by atoms with van der Waals surface area (Å²) in [5.74, 6) is -0.181. The van der Waals surface area contributed by atoms with Crippen molar-refractivity contribution < 1.29 is 22.7 Å². The fraction of sp³-hybridized carbons (Fsp3) is 0.355. The first-order valence-corrected chi connectivity index (χ1v) is 14.6. The molecule has 0 aliphatic carbocycles. The molecule has 1 atom stereocenters. The Morgan fingerprint density at radius 2 is 1.50 bits per heavy atom. The van der Waals surface area contributed by atoms with Crippen molar-refractivity contribution in [2.24, 2.45) is 0 Å². The van der Waals surface area contributed by atoms with Crippen LogP contribution in [0.3, 0.4) is 0 Å². The van der Waals surface area contributed by atoms with Crippen LogP contribution in [0.4, 0.5) is 5.69 Å². The van der Waals surface area contributed by atoms with Gasteiger partial charge in [-0.15, -0.1) is 0 Å². The van der Waals surface area contributed by atoms with E-state index < -0.39 is 34.1 Å². The van der Waals surface area contributed by atoms with Gasteiger partial charge in [0.2, 0.25) is 11.8 Å². The second-order valence-corrected chi connectivity index (χ2v) is 12.8. The molecule has 0 unspecified atom stereocenters. The summed E-state index contributed by atoms with van der Waals surface area (Å²) in [6, 6.07) is 19.8. The Hall–Kier alpha value is -3.85. The number of hydrogen-bond donors (Lipinski definition) is 1. The Morgan fingerprint density at radius 1 is 0.925 bits per heavy atom. The van der Waals surface area contributed by atoms with E-state index >= 15 is 0 Å². The molecule has 0 bridgehead atoms. The van der Waals surface area contributed by atoms with Gasteiger partial charge in [0.15, 0.2) is 0 Å². The van der Waals surface area contributed by atoms with E-state index in [4.69, 9.17) is 4.74 Å². The molecule has 0 aromatic heterocycles. The van der Waals surface area contributed by atoms with Gasteiger partial charge >= 0.3 is 0 Å². The van der Waals surface area contributed by atoms with Crippen molar-refractivity contribution in [3.8, 4) is 5.75 Å². The van der Waals surface area contributed by atoms with Crippen LogP contribution in [-0.2, 0) is 26.2 Å². The van der Waals surface area contributed by atoms with E-state index in [1.165, 1.54) is 17.0 Å². The maximum atomic E-state index is 14.0. The van der Waals surface area contributed by atoms with Crippen molar-refractivity contribution in [3.05, 3.63) is 89.5 Å². The number of amides is 2. The normalized spacial score (nSPS) is 12.4. The number of nitrogens with zero attached hydrogens (tertiary/aromatic N) is 2. The number of sulfonamides is 1. The highest BCUT2D eigenvalue weighted by Crippen LogP contribution is 2.27. The number of carbonyl (C=O) groups is 2. The van der Waals surface area contributed by atoms with Crippen molar-refractivity contribution in [3.63, 3.8) is 0 Å². The molecule has 0 fully saturated rings. The molecule has 0 saturated heterocycles. The standard InChI is InChI=1S/C31H39N3O5S/c1-22-17-23(2)19-26(18-22)34(40(37,38)28-11-9-8-10-12-28)21-29(35)33(24(3)30(36)32-31(4,5)6)20-25-13-15-27(39-7)16-14-25/h8-19,24H,20-21H2,1-7H3,(H,32,36)/t24-/m0/s1. The number of hydrogen-bond acceptors (Lipinski definition) is 5. The number of ether oxygens (including phenoxy) is 1. The Kier molecular flexibility index (Phi) is 9.63. The summed E-state index contributed by atoms with van der Waals surface area (Å²) in [7, 11) is -2.54. The Morgan fingerprint density at radius 3 is 2.02 bits per heavy atom. The minimum Gasteiger partial charge on any atom is -0.497 e. The number of anilines is 1. The first kappa shape index (κ1) is 30.7. The van der Waals surface area contributed by atoms with Gasteiger partial charge in [-0.3, -0.25) is 13.9 Å². The molecule has 9 heteroatoms. The van der Waals surface area contributed by atoms with E-state index in [2.05, 4.69) is 5.32 Å². The molecule has 0 spiro atoms. The third-order valence-corrected chi connectivity index (χ3v) is 8.07. The van der Waals surface area contributed by atoms with Crippen LogP contribution in [0.5, 0.6) is 5.75 Å². The predicted octanol–water partition coefficient (Wildman–Crippen LogP) is 4.84. The molecule has 40 heavy (non-hydrogen) atoms. The highest BCUT2D eigenvalue weighted by atomic mass is 32.2. The lowest BCUT2D eigenvalue weighted by Crippen LogP contribution is -2.54. The molecule has 0 heterocycles. The summed E-state index contributed by atoms with van der Waals surface area (Å²) in [5, 5.41) is 2.93. The average Bonchev–Trinajstić information content (AvgIpc) is 2.89. The van der Waals surface area contributed by atoms with E-state index in [0.29, 0.717) is 11.4 Å². The number of methoxy groups -OCH3 is 1. The third-order valence-electron chi connectivity index (χ3n) is 6.28.